The van der Waals surface area contributed by atoms with Crippen LogP contribution in [-0.2, 0) is 21.0 Å². The number of carbonyl (C=O) groups excluding carboxylic acids is 1. The highest BCUT2D eigenvalue weighted by Crippen LogP contribution is 2.32. The van der Waals surface area contributed by atoms with Crippen molar-refractivity contribution in [3.63, 3.8) is 0 Å². The van der Waals surface area contributed by atoms with Crippen molar-refractivity contribution >= 4 is 21.6 Å². The number of nitrogens with zero attached hydrogens (tertiary/aromatic N) is 3. The Kier molecular flexibility index (Phi) is 7.53. The van der Waals surface area contributed by atoms with Crippen LogP contribution in [0, 0.1) is 0 Å². The Morgan fingerprint density at radius 3 is 2.24 bits per heavy atom. The van der Waals surface area contributed by atoms with Gasteiger partial charge in [-0.05, 0) is 42.5 Å². The summed E-state index contributed by atoms with van der Waals surface area (Å²) in [6.07, 6.45) is -4.42. The van der Waals surface area contributed by atoms with Crippen molar-refractivity contribution in [3.05, 3.63) is 54.1 Å². The molecule has 1 fully saturated rings. The minimum Gasteiger partial charge on any atom is -0.497 e. The molecule has 1 heterocycles. The zero-order valence-corrected chi connectivity index (χ0v) is 19.2. The van der Waals surface area contributed by atoms with Crippen molar-refractivity contribution in [1.29, 1.82) is 0 Å². The summed E-state index contributed by atoms with van der Waals surface area (Å²) in [4.78, 5) is 16.2. The number of alkyl halides is 3. The molecule has 3 rings (SSSR count). The first kappa shape index (κ1) is 24.8. The molecular weight excluding hydrogens is 459 g/mol. The summed E-state index contributed by atoms with van der Waals surface area (Å²) >= 11 is 0. The highest BCUT2D eigenvalue weighted by atomic mass is 32.2. The lowest BCUT2D eigenvalue weighted by atomic mass is 10.1. The van der Waals surface area contributed by atoms with Gasteiger partial charge in [-0.25, -0.2) is 8.42 Å². The number of sulfonamides is 1. The van der Waals surface area contributed by atoms with Crippen LogP contribution < -0.4 is 9.64 Å². The fraction of sp³-hybridized carbons (Fsp3) is 0.409. The Morgan fingerprint density at radius 2 is 1.70 bits per heavy atom. The highest BCUT2D eigenvalue weighted by molar-refractivity contribution is 7.89. The first-order valence-electron chi connectivity index (χ1n) is 10.4. The van der Waals surface area contributed by atoms with E-state index in [4.69, 9.17) is 4.74 Å². The van der Waals surface area contributed by atoms with Crippen LogP contribution in [-0.4, -0.2) is 69.9 Å². The number of rotatable bonds is 7. The zero-order valence-electron chi connectivity index (χ0n) is 18.4. The molecule has 0 radical (unpaired) electrons. The summed E-state index contributed by atoms with van der Waals surface area (Å²) in [5.74, 6) is 0.171. The smallest absolute Gasteiger partial charge is 0.416 e. The number of hydrogen-bond donors (Lipinski definition) is 0. The van der Waals surface area contributed by atoms with E-state index in [0.29, 0.717) is 24.5 Å². The van der Waals surface area contributed by atoms with E-state index >= 15 is 0 Å². The number of ether oxygens (including phenoxy) is 1. The topological polar surface area (TPSA) is 70.2 Å². The van der Waals surface area contributed by atoms with Crippen molar-refractivity contribution in [2.45, 2.75) is 18.0 Å². The molecule has 0 N–H and O–H groups in total. The molecule has 0 atom stereocenters. The van der Waals surface area contributed by atoms with Gasteiger partial charge in [-0.3, -0.25) is 4.79 Å². The number of anilines is 1. The Labute approximate surface area is 191 Å². The van der Waals surface area contributed by atoms with Crippen LogP contribution in [0.2, 0.25) is 0 Å². The van der Waals surface area contributed by atoms with E-state index in [2.05, 4.69) is 0 Å². The monoisotopic (exact) mass is 485 g/mol. The number of methoxy groups -OCH3 is 1. The first-order valence-corrected chi connectivity index (χ1v) is 11.8. The Balaban J connectivity index is 1.63. The molecule has 2 aromatic rings. The number of halogens is 3. The van der Waals surface area contributed by atoms with Crippen LogP contribution in [0.3, 0.4) is 0 Å². The summed E-state index contributed by atoms with van der Waals surface area (Å²) in [5.41, 5.74) is -0.282. The number of benzene rings is 2. The predicted octanol–water partition coefficient (Wildman–Crippen LogP) is 3.07. The number of likely N-dealkylation sites (N-methyl/N-ethyl adjacent to an activating group) is 1. The quantitative estimate of drug-likeness (QED) is 0.603. The SMILES string of the molecule is CCN(CC(=O)N1CCN(c2cccc(C(F)(F)F)c2)CC1)S(=O)(=O)c1ccc(OC)cc1. The minimum atomic E-state index is -4.42. The fourth-order valence-electron chi connectivity index (χ4n) is 3.61. The van der Waals surface area contributed by atoms with E-state index < -0.39 is 21.8 Å². The summed E-state index contributed by atoms with van der Waals surface area (Å²) in [7, 11) is -2.39. The summed E-state index contributed by atoms with van der Waals surface area (Å²) in [6.45, 7) is 2.73. The van der Waals surface area contributed by atoms with Crippen molar-refractivity contribution in [3.8, 4) is 5.75 Å². The van der Waals surface area contributed by atoms with Crippen LogP contribution in [0.1, 0.15) is 12.5 Å². The number of amides is 1. The molecule has 0 spiro atoms. The average Bonchev–Trinajstić information content (AvgIpc) is 2.82. The third kappa shape index (κ3) is 5.77. The second-order valence-corrected chi connectivity index (χ2v) is 9.46. The maximum atomic E-state index is 13.0. The molecule has 0 aromatic heterocycles. The number of hydrogen-bond acceptors (Lipinski definition) is 5. The molecule has 1 saturated heterocycles. The molecule has 33 heavy (non-hydrogen) atoms. The lowest BCUT2D eigenvalue weighted by molar-refractivity contribution is -0.137. The maximum Gasteiger partial charge on any atom is 0.416 e. The molecule has 1 amide bonds. The van der Waals surface area contributed by atoms with Gasteiger partial charge < -0.3 is 14.5 Å². The normalized spacial score (nSPS) is 15.1. The van der Waals surface area contributed by atoms with Gasteiger partial charge in [0, 0.05) is 38.4 Å². The van der Waals surface area contributed by atoms with Gasteiger partial charge in [0.05, 0.1) is 24.1 Å². The molecule has 2 aromatic carbocycles. The van der Waals surface area contributed by atoms with Crippen LogP contribution in [0.4, 0.5) is 18.9 Å². The van der Waals surface area contributed by atoms with Gasteiger partial charge in [0.2, 0.25) is 15.9 Å². The first-order chi connectivity index (χ1) is 15.6. The van der Waals surface area contributed by atoms with Gasteiger partial charge in [-0.2, -0.15) is 17.5 Å². The van der Waals surface area contributed by atoms with E-state index in [1.165, 1.54) is 42.3 Å². The van der Waals surface area contributed by atoms with Crippen molar-refractivity contribution in [1.82, 2.24) is 9.21 Å². The zero-order chi connectivity index (χ0) is 24.2. The van der Waals surface area contributed by atoms with E-state index in [1.807, 2.05) is 0 Å². The van der Waals surface area contributed by atoms with Crippen LogP contribution in [0.5, 0.6) is 5.75 Å². The molecular formula is C22H26F3N3O4S. The van der Waals surface area contributed by atoms with Crippen LogP contribution in [0.15, 0.2) is 53.4 Å². The van der Waals surface area contributed by atoms with Gasteiger partial charge in [-0.15, -0.1) is 0 Å². The maximum absolute atomic E-state index is 13.0. The molecule has 1 aliphatic heterocycles. The molecule has 0 bridgehead atoms. The highest BCUT2D eigenvalue weighted by Gasteiger charge is 2.32. The third-order valence-electron chi connectivity index (χ3n) is 5.53. The summed E-state index contributed by atoms with van der Waals surface area (Å²) in [5, 5.41) is 0. The molecule has 0 aliphatic carbocycles. The molecule has 0 saturated carbocycles. The van der Waals surface area contributed by atoms with Crippen LogP contribution >= 0.6 is 0 Å². The number of carbonyl (C=O) groups is 1. The molecule has 0 unspecified atom stereocenters. The molecule has 180 valence electrons. The van der Waals surface area contributed by atoms with Crippen molar-refractivity contribution in [2.75, 3.05) is 51.3 Å². The Bertz CT molecular complexity index is 1070. The molecule has 1 aliphatic rings. The van der Waals surface area contributed by atoms with Crippen molar-refractivity contribution in [2.24, 2.45) is 0 Å². The van der Waals surface area contributed by atoms with E-state index in [1.54, 1.807) is 17.9 Å². The second kappa shape index (κ2) is 10.0. The van der Waals surface area contributed by atoms with Gasteiger partial charge in [0.25, 0.3) is 0 Å². The Morgan fingerprint density at radius 1 is 1.06 bits per heavy atom. The van der Waals surface area contributed by atoms with Gasteiger partial charge in [-0.1, -0.05) is 13.0 Å². The van der Waals surface area contributed by atoms with E-state index in [-0.39, 0.29) is 37.0 Å². The lowest BCUT2D eigenvalue weighted by Crippen LogP contribution is -2.51. The van der Waals surface area contributed by atoms with E-state index in [9.17, 15) is 26.4 Å². The van der Waals surface area contributed by atoms with Crippen LogP contribution in [0.25, 0.3) is 0 Å². The number of piperazine rings is 1. The third-order valence-corrected chi connectivity index (χ3v) is 7.47. The Hall–Kier alpha value is -2.79. The molecule has 7 nitrogen and oxygen atoms in total. The standard InChI is InChI=1S/C22H26F3N3O4S/c1-3-28(33(30,31)20-9-7-19(32-2)8-10-20)16-21(29)27-13-11-26(12-14-27)18-6-4-5-17(15-18)22(23,24)25/h4-10,15H,3,11-14,16H2,1-2H3. The predicted molar refractivity (Wildman–Crippen MR) is 118 cm³/mol. The minimum absolute atomic E-state index is 0.0623. The van der Waals surface area contributed by atoms with E-state index in [0.717, 1.165) is 16.4 Å². The van der Waals surface area contributed by atoms with Gasteiger partial charge in [0.1, 0.15) is 5.75 Å². The second-order valence-electron chi connectivity index (χ2n) is 7.52. The lowest BCUT2D eigenvalue weighted by Gasteiger charge is -2.37. The summed E-state index contributed by atoms with van der Waals surface area (Å²) < 4.78 is 71.0. The largest absolute Gasteiger partial charge is 0.497 e. The van der Waals surface area contributed by atoms with Crippen molar-refractivity contribution < 1.29 is 31.1 Å². The average molecular weight is 486 g/mol. The molecule has 11 heteroatoms. The van der Waals surface area contributed by atoms with Gasteiger partial charge in [0.15, 0.2) is 0 Å². The van der Waals surface area contributed by atoms with Gasteiger partial charge >= 0.3 is 6.18 Å². The fourth-order valence-corrected chi connectivity index (χ4v) is 5.01. The summed E-state index contributed by atoms with van der Waals surface area (Å²) in [6, 6.07) is 11.0.